The largest absolute Gasteiger partial charge is 0.481 e. The molecule has 0 aliphatic carbocycles. The number of carboxylic acid groups (broad SMARTS) is 1. The number of pyridine rings is 1. The minimum absolute atomic E-state index is 0.0107. The van der Waals surface area contributed by atoms with E-state index in [1.807, 2.05) is 0 Å². The lowest BCUT2D eigenvalue weighted by atomic mass is 9.98. The van der Waals surface area contributed by atoms with Gasteiger partial charge in [0.1, 0.15) is 0 Å². The van der Waals surface area contributed by atoms with Crippen LogP contribution in [-0.2, 0) is 4.79 Å². The second-order valence-corrected chi connectivity index (χ2v) is 4.95. The molecule has 20 heavy (non-hydrogen) atoms. The molecule has 1 aromatic heterocycles. The molecule has 1 aliphatic heterocycles. The average molecular weight is 277 g/mol. The Morgan fingerprint density at radius 3 is 3.00 bits per heavy atom. The molecule has 0 aromatic carbocycles. The van der Waals surface area contributed by atoms with E-state index >= 15 is 0 Å². The highest BCUT2D eigenvalue weighted by Crippen LogP contribution is 2.22. The van der Waals surface area contributed by atoms with Crippen LogP contribution < -0.4 is 5.32 Å². The number of likely N-dealkylation sites (tertiary alicyclic amines) is 1. The highest BCUT2D eigenvalue weighted by atomic mass is 16.4. The first kappa shape index (κ1) is 14.3. The number of carbonyl (C=O) groups is 2. The molecule has 6 heteroatoms. The van der Waals surface area contributed by atoms with Crippen LogP contribution >= 0.6 is 0 Å². The van der Waals surface area contributed by atoms with Crippen LogP contribution in [0.15, 0.2) is 24.5 Å². The second-order valence-electron chi connectivity index (χ2n) is 4.95. The molecule has 2 N–H and O–H groups in total. The summed E-state index contributed by atoms with van der Waals surface area (Å²) < 4.78 is 0. The fraction of sp³-hybridized carbons (Fsp3) is 0.500. The number of carbonyl (C=O) groups excluding carboxylic acids is 1. The first-order chi connectivity index (χ1) is 9.66. The van der Waals surface area contributed by atoms with Crippen LogP contribution in [0, 0.1) is 0 Å². The molecule has 0 radical (unpaired) electrons. The zero-order valence-electron chi connectivity index (χ0n) is 11.3. The molecule has 0 saturated carbocycles. The quantitative estimate of drug-likeness (QED) is 0.884. The zero-order valence-corrected chi connectivity index (χ0v) is 11.3. The Bertz CT molecular complexity index is 464. The van der Waals surface area contributed by atoms with Crippen molar-refractivity contribution in [2.24, 2.45) is 0 Å². The summed E-state index contributed by atoms with van der Waals surface area (Å²) in [7, 11) is 0. The predicted octanol–water partition coefficient (Wildman–Crippen LogP) is 2.33. The number of nitrogens with zero attached hydrogens (tertiary/aromatic N) is 2. The molecule has 2 rings (SSSR count). The van der Waals surface area contributed by atoms with Crippen LogP contribution in [0.1, 0.15) is 32.1 Å². The van der Waals surface area contributed by atoms with Crippen molar-refractivity contribution in [2.45, 2.75) is 38.1 Å². The number of carboxylic acids is 1. The van der Waals surface area contributed by atoms with Gasteiger partial charge >= 0.3 is 12.0 Å². The van der Waals surface area contributed by atoms with E-state index in [1.165, 1.54) is 0 Å². The summed E-state index contributed by atoms with van der Waals surface area (Å²) in [6.45, 7) is 0.677. The summed E-state index contributed by atoms with van der Waals surface area (Å²) in [6, 6.07) is 3.37. The van der Waals surface area contributed by atoms with Crippen molar-refractivity contribution in [3.63, 3.8) is 0 Å². The third kappa shape index (κ3) is 3.94. The average Bonchev–Trinajstić information content (AvgIpc) is 2.46. The van der Waals surface area contributed by atoms with Crippen molar-refractivity contribution >= 4 is 17.7 Å². The summed E-state index contributed by atoms with van der Waals surface area (Å²) in [4.78, 5) is 28.6. The fourth-order valence-corrected chi connectivity index (χ4v) is 2.49. The van der Waals surface area contributed by atoms with E-state index in [4.69, 9.17) is 5.11 Å². The maximum atomic E-state index is 12.3. The van der Waals surface area contributed by atoms with E-state index < -0.39 is 5.97 Å². The molecule has 1 atom stereocenters. The summed E-state index contributed by atoms with van der Waals surface area (Å²) in [5, 5.41) is 11.6. The summed E-state index contributed by atoms with van der Waals surface area (Å²) in [5.74, 6) is -0.816. The number of nitrogens with one attached hydrogen (secondary N) is 1. The number of aromatic nitrogens is 1. The Morgan fingerprint density at radius 2 is 2.30 bits per heavy atom. The lowest BCUT2D eigenvalue weighted by molar-refractivity contribution is -0.137. The van der Waals surface area contributed by atoms with Gasteiger partial charge in [0.2, 0.25) is 0 Å². The summed E-state index contributed by atoms with van der Waals surface area (Å²) in [6.07, 6.45) is 6.72. The molecule has 1 aromatic rings. The van der Waals surface area contributed by atoms with Crippen molar-refractivity contribution in [3.05, 3.63) is 24.5 Å². The van der Waals surface area contributed by atoms with Crippen LogP contribution in [0.2, 0.25) is 0 Å². The molecule has 0 spiro atoms. The maximum Gasteiger partial charge on any atom is 0.322 e. The van der Waals surface area contributed by atoms with Gasteiger partial charge in [0.25, 0.3) is 0 Å². The van der Waals surface area contributed by atoms with Crippen molar-refractivity contribution < 1.29 is 14.7 Å². The van der Waals surface area contributed by atoms with Gasteiger partial charge in [-0.05, 0) is 37.8 Å². The van der Waals surface area contributed by atoms with Gasteiger partial charge in [0, 0.05) is 25.2 Å². The van der Waals surface area contributed by atoms with E-state index in [9.17, 15) is 9.59 Å². The molecule has 1 aliphatic rings. The number of amides is 2. The smallest absolute Gasteiger partial charge is 0.322 e. The highest BCUT2D eigenvalue weighted by Gasteiger charge is 2.27. The van der Waals surface area contributed by atoms with E-state index in [0.717, 1.165) is 19.3 Å². The van der Waals surface area contributed by atoms with Crippen molar-refractivity contribution in [3.8, 4) is 0 Å². The van der Waals surface area contributed by atoms with Crippen molar-refractivity contribution in [1.29, 1.82) is 0 Å². The first-order valence-corrected chi connectivity index (χ1v) is 6.86. The number of hydrogen-bond acceptors (Lipinski definition) is 3. The molecule has 6 nitrogen and oxygen atoms in total. The van der Waals surface area contributed by atoms with Gasteiger partial charge in [-0.15, -0.1) is 0 Å². The third-order valence-electron chi connectivity index (χ3n) is 3.49. The van der Waals surface area contributed by atoms with E-state index in [-0.39, 0.29) is 18.5 Å². The lowest BCUT2D eigenvalue weighted by Gasteiger charge is -2.35. The molecule has 1 fully saturated rings. The van der Waals surface area contributed by atoms with Crippen LogP contribution in [0.4, 0.5) is 10.5 Å². The molecule has 2 heterocycles. The van der Waals surface area contributed by atoms with Gasteiger partial charge in [-0.25, -0.2) is 4.79 Å². The molecule has 1 unspecified atom stereocenters. The molecular weight excluding hydrogens is 258 g/mol. The standard InChI is InChI=1S/C14H19N3O3/c18-13(19)7-6-12-5-1-2-9-17(12)14(20)16-11-4-3-8-15-10-11/h3-4,8,10,12H,1-2,5-7,9H2,(H,16,20)(H,18,19). The predicted molar refractivity (Wildman–Crippen MR) is 74.5 cm³/mol. The van der Waals surface area contributed by atoms with Crippen LogP contribution in [-0.4, -0.2) is 39.6 Å². The summed E-state index contributed by atoms with van der Waals surface area (Å²) >= 11 is 0. The Balaban J connectivity index is 1.96. The van der Waals surface area contributed by atoms with Gasteiger partial charge in [-0.3, -0.25) is 9.78 Å². The van der Waals surface area contributed by atoms with Gasteiger partial charge in [0.05, 0.1) is 11.9 Å². The third-order valence-corrected chi connectivity index (χ3v) is 3.49. The van der Waals surface area contributed by atoms with Gasteiger partial charge in [-0.1, -0.05) is 0 Å². The minimum Gasteiger partial charge on any atom is -0.481 e. The fourth-order valence-electron chi connectivity index (χ4n) is 2.49. The second kappa shape index (κ2) is 6.88. The van der Waals surface area contributed by atoms with E-state index in [2.05, 4.69) is 10.3 Å². The van der Waals surface area contributed by atoms with E-state index in [0.29, 0.717) is 18.7 Å². The number of anilines is 1. The number of urea groups is 1. The number of rotatable bonds is 4. The topological polar surface area (TPSA) is 82.5 Å². The van der Waals surface area contributed by atoms with E-state index in [1.54, 1.807) is 29.4 Å². The summed E-state index contributed by atoms with van der Waals surface area (Å²) in [5.41, 5.74) is 0.653. The molecular formula is C14H19N3O3. The SMILES string of the molecule is O=C(O)CCC1CCCCN1C(=O)Nc1cccnc1. The van der Waals surface area contributed by atoms with Crippen LogP contribution in [0.5, 0.6) is 0 Å². The van der Waals surface area contributed by atoms with Gasteiger partial charge < -0.3 is 15.3 Å². The monoisotopic (exact) mass is 277 g/mol. The first-order valence-electron chi connectivity index (χ1n) is 6.86. The minimum atomic E-state index is -0.816. The Hall–Kier alpha value is -2.11. The van der Waals surface area contributed by atoms with Crippen LogP contribution in [0.25, 0.3) is 0 Å². The lowest BCUT2D eigenvalue weighted by Crippen LogP contribution is -2.46. The van der Waals surface area contributed by atoms with Gasteiger partial charge in [0.15, 0.2) is 0 Å². The number of piperidine rings is 1. The normalized spacial score (nSPS) is 18.6. The number of hydrogen-bond donors (Lipinski definition) is 2. The van der Waals surface area contributed by atoms with Crippen molar-refractivity contribution in [1.82, 2.24) is 9.88 Å². The maximum absolute atomic E-state index is 12.3. The molecule has 0 bridgehead atoms. The van der Waals surface area contributed by atoms with Crippen molar-refractivity contribution in [2.75, 3.05) is 11.9 Å². The Labute approximate surface area is 117 Å². The Kier molecular flexibility index (Phi) is 4.92. The molecule has 108 valence electrons. The molecule has 1 saturated heterocycles. The van der Waals surface area contributed by atoms with Gasteiger partial charge in [-0.2, -0.15) is 0 Å². The highest BCUT2D eigenvalue weighted by molar-refractivity contribution is 5.89. The number of aliphatic carboxylic acids is 1. The zero-order chi connectivity index (χ0) is 14.4. The Morgan fingerprint density at radius 1 is 1.45 bits per heavy atom. The van der Waals surface area contributed by atoms with Crippen LogP contribution in [0.3, 0.4) is 0 Å². The molecule has 2 amide bonds.